The number of nitrogens with one attached hydrogen (secondary N) is 1. The van der Waals surface area contributed by atoms with Crippen LogP contribution < -0.4 is 16.1 Å². The van der Waals surface area contributed by atoms with Crippen molar-refractivity contribution in [3.8, 4) is 5.75 Å². The van der Waals surface area contributed by atoms with Crippen LogP contribution in [0.2, 0.25) is 0 Å². The van der Waals surface area contributed by atoms with Crippen molar-refractivity contribution in [2.75, 3.05) is 0 Å². The van der Waals surface area contributed by atoms with Gasteiger partial charge in [0.1, 0.15) is 30.5 Å². The lowest BCUT2D eigenvalue weighted by Gasteiger charge is -2.12. The summed E-state index contributed by atoms with van der Waals surface area (Å²) in [6, 6.07) is 31.5. The lowest BCUT2D eigenvalue weighted by atomic mass is 10.1. The van der Waals surface area contributed by atoms with Crippen molar-refractivity contribution in [2.45, 2.75) is 52.0 Å². The number of aliphatic carboxylic acids is 1. The van der Waals surface area contributed by atoms with E-state index in [4.69, 9.17) is 26.1 Å². The molecule has 2 unspecified atom stereocenters. The molecule has 0 aromatic heterocycles. The Morgan fingerprint density at radius 2 is 1.45 bits per heavy atom. The molecule has 0 bridgehead atoms. The highest BCUT2D eigenvalue weighted by Crippen LogP contribution is 2.23. The summed E-state index contributed by atoms with van der Waals surface area (Å²) in [6.07, 6.45) is 0.172. The fourth-order valence-corrected chi connectivity index (χ4v) is 3.69. The Morgan fingerprint density at radius 1 is 0.881 bits per heavy atom. The minimum atomic E-state index is -0.877. The van der Waals surface area contributed by atoms with Gasteiger partial charge >= 0.3 is 5.97 Å². The van der Waals surface area contributed by atoms with Crippen LogP contribution in [0, 0.1) is 5.82 Å². The van der Waals surface area contributed by atoms with Gasteiger partial charge in [-0.2, -0.15) is 5.48 Å². The molecule has 8 nitrogen and oxygen atoms in total. The second-order valence-corrected chi connectivity index (χ2v) is 9.31. The zero-order valence-corrected chi connectivity index (χ0v) is 23.8. The average Bonchev–Trinajstić information content (AvgIpc) is 3.01. The Morgan fingerprint density at radius 3 is 1.95 bits per heavy atom. The largest absolute Gasteiger partial charge is 0.489 e. The highest BCUT2D eigenvalue weighted by molar-refractivity contribution is 5.70. The number of carbonyl (C=O) groups is 1. The maximum Gasteiger partial charge on any atom is 0.307 e. The number of halogens is 1. The number of carboxylic acid groups (broad SMARTS) is 1. The summed E-state index contributed by atoms with van der Waals surface area (Å²) >= 11 is 0. The van der Waals surface area contributed by atoms with E-state index in [0.29, 0.717) is 24.3 Å². The second-order valence-electron chi connectivity index (χ2n) is 9.31. The monoisotopic (exact) mass is 578 g/mol. The van der Waals surface area contributed by atoms with Gasteiger partial charge in [-0.25, -0.2) is 10.3 Å². The molecule has 2 atom stereocenters. The molecular weight excluding hydrogens is 539 g/mol. The van der Waals surface area contributed by atoms with Crippen molar-refractivity contribution >= 4 is 5.97 Å². The second kappa shape index (κ2) is 19.1. The maximum absolute atomic E-state index is 13.9. The summed E-state index contributed by atoms with van der Waals surface area (Å²) in [5.41, 5.74) is 6.35. The van der Waals surface area contributed by atoms with E-state index in [1.165, 1.54) is 11.6 Å². The van der Waals surface area contributed by atoms with Crippen LogP contribution >= 0.6 is 0 Å². The summed E-state index contributed by atoms with van der Waals surface area (Å²) in [7, 11) is 0. The van der Waals surface area contributed by atoms with E-state index >= 15 is 0 Å². The van der Waals surface area contributed by atoms with E-state index in [-0.39, 0.29) is 12.2 Å². The molecule has 42 heavy (non-hydrogen) atoms. The van der Waals surface area contributed by atoms with E-state index < -0.39 is 18.3 Å². The summed E-state index contributed by atoms with van der Waals surface area (Å²) in [5.74, 6) is 4.39. The van der Waals surface area contributed by atoms with E-state index in [9.17, 15) is 9.18 Å². The molecule has 0 aliphatic rings. The SMILES string of the molecule is CCc1ccc(COc2ccc(C(C)ON)c(F)c2)cc1.O=C(O)Cc1ccccc1.ONC(O)Cc1ccccc1. The minimum absolute atomic E-state index is 0.112. The third kappa shape index (κ3) is 13.0. The molecule has 4 rings (SSSR count). The molecule has 0 radical (unpaired) electrons. The van der Waals surface area contributed by atoms with Gasteiger partial charge in [-0.3, -0.25) is 9.63 Å². The predicted octanol–water partition coefficient (Wildman–Crippen LogP) is 5.76. The molecule has 0 heterocycles. The quantitative estimate of drug-likeness (QED) is 0.112. The lowest BCUT2D eigenvalue weighted by molar-refractivity contribution is -0.136. The van der Waals surface area contributed by atoms with E-state index in [0.717, 1.165) is 23.1 Å². The van der Waals surface area contributed by atoms with Gasteiger partial charge < -0.3 is 20.2 Å². The van der Waals surface area contributed by atoms with Gasteiger partial charge in [-0.1, -0.05) is 91.9 Å². The molecule has 0 aliphatic carbocycles. The third-order valence-corrected chi connectivity index (χ3v) is 6.07. The molecule has 9 heteroatoms. The first-order valence-electron chi connectivity index (χ1n) is 13.5. The molecule has 0 aliphatic heterocycles. The zero-order chi connectivity index (χ0) is 30.7. The topological polar surface area (TPSA) is 134 Å². The molecule has 0 saturated heterocycles. The predicted molar refractivity (Wildman–Crippen MR) is 159 cm³/mol. The highest BCUT2D eigenvalue weighted by Gasteiger charge is 2.11. The molecule has 4 aromatic rings. The molecule has 0 spiro atoms. The van der Waals surface area contributed by atoms with Crippen LogP contribution in [0.1, 0.15) is 47.8 Å². The van der Waals surface area contributed by atoms with Crippen molar-refractivity contribution in [1.29, 1.82) is 0 Å². The molecule has 0 saturated carbocycles. The van der Waals surface area contributed by atoms with Gasteiger partial charge in [0, 0.05) is 18.1 Å². The molecule has 0 fully saturated rings. The zero-order valence-electron chi connectivity index (χ0n) is 23.8. The minimum Gasteiger partial charge on any atom is -0.489 e. The van der Waals surface area contributed by atoms with Crippen LogP contribution in [0.15, 0.2) is 103 Å². The van der Waals surface area contributed by atoms with Gasteiger partial charge in [0.2, 0.25) is 0 Å². The Hall–Kier alpha value is -4.12. The fraction of sp³-hybridized carbons (Fsp3) is 0.242. The highest BCUT2D eigenvalue weighted by atomic mass is 19.1. The number of hydroxylamine groups is 1. The first-order chi connectivity index (χ1) is 20.2. The van der Waals surface area contributed by atoms with E-state index in [1.807, 2.05) is 60.7 Å². The lowest BCUT2D eigenvalue weighted by Crippen LogP contribution is -2.27. The van der Waals surface area contributed by atoms with Crippen molar-refractivity contribution in [1.82, 2.24) is 5.48 Å². The van der Waals surface area contributed by atoms with E-state index in [1.54, 1.807) is 36.7 Å². The maximum atomic E-state index is 13.9. The van der Waals surface area contributed by atoms with Gasteiger partial charge in [0.15, 0.2) is 0 Å². The number of hydrogen-bond donors (Lipinski definition) is 5. The Bertz CT molecular complexity index is 1310. The Labute approximate surface area is 246 Å². The number of hydrogen-bond acceptors (Lipinski definition) is 7. The normalized spacial score (nSPS) is 11.7. The molecule has 6 N–H and O–H groups in total. The average molecular weight is 579 g/mol. The molecule has 224 valence electrons. The van der Waals surface area contributed by atoms with Crippen molar-refractivity contribution in [2.24, 2.45) is 5.90 Å². The standard InChI is InChI=1S/C17H20FNO2.C8H11NO2.C8H8O2/c1-3-13-4-6-14(7-5-13)11-20-15-8-9-16(12(2)21-19)17(18)10-15;10-8(9-11)6-7-4-2-1-3-5-7;9-8(10)6-7-4-2-1-3-5-7/h4-10,12H,3,11,19H2,1-2H3;1-5,8-11H,6H2;1-5H,6H2,(H,9,10). The van der Waals surface area contributed by atoms with Gasteiger partial charge in [-0.15, -0.1) is 0 Å². The molecule has 4 aromatic carbocycles. The number of aliphatic hydroxyl groups excluding tert-OH is 1. The number of aryl methyl sites for hydroxylation is 1. The number of ether oxygens (including phenoxy) is 1. The smallest absolute Gasteiger partial charge is 0.307 e. The van der Waals surface area contributed by atoms with Crippen LogP contribution in [0.4, 0.5) is 4.39 Å². The first kappa shape index (κ1) is 34.1. The van der Waals surface area contributed by atoms with Crippen molar-refractivity contribution in [3.63, 3.8) is 0 Å². The van der Waals surface area contributed by atoms with Crippen LogP contribution in [0.5, 0.6) is 5.75 Å². The Balaban J connectivity index is 0.000000246. The van der Waals surface area contributed by atoms with Crippen LogP contribution in [-0.4, -0.2) is 27.6 Å². The number of benzene rings is 4. The van der Waals surface area contributed by atoms with Gasteiger partial charge in [0.05, 0.1) is 6.42 Å². The summed E-state index contributed by atoms with van der Waals surface area (Å²) in [6.45, 7) is 4.21. The van der Waals surface area contributed by atoms with Gasteiger partial charge in [0.25, 0.3) is 0 Å². The number of aliphatic hydroxyl groups is 1. The van der Waals surface area contributed by atoms with Crippen LogP contribution in [0.3, 0.4) is 0 Å². The van der Waals surface area contributed by atoms with Crippen LogP contribution in [0.25, 0.3) is 0 Å². The van der Waals surface area contributed by atoms with Gasteiger partial charge in [-0.05, 0) is 47.7 Å². The first-order valence-corrected chi connectivity index (χ1v) is 13.5. The number of rotatable bonds is 11. The van der Waals surface area contributed by atoms with Crippen LogP contribution in [-0.2, 0) is 35.5 Å². The number of carboxylic acids is 1. The van der Waals surface area contributed by atoms with Crippen molar-refractivity contribution < 1.29 is 34.2 Å². The number of nitrogens with two attached hydrogens (primary N) is 1. The van der Waals surface area contributed by atoms with E-state index in [2.05, 4.69) is 23.9 Å². The summed E-state index contributed by atoms with van der Waals surface area (Å²) < 4.78 is 19.5. The third-order valence-electron chi connectivity index (χ3n) is 6.07. The Kier molecular flexibility index (Phi) is 15.5. The summed E-state index contributed by atoms with van der Waals surface area (Å²) in [5, 5.41) is 25.6. The fourth-order valence-electron chi connectivity index (χ4n) is 3.69. The molecule has 0 amide bonds. The summed E-state index contributed by atoms with van der Waals surface area (Å²) in [4.78, 5) is 14.8. The molecular formula is C33H39FN2O6. The van der Waals surface area contributed by atoms with Crippen molar-refractivity contribution in [3.05, 3.63) is 137 Å².